The number of pyridine rings is 1. The summed E-state index contributed by atoms with van der Waals surface area (Å²) in [5.41, 5.74) is 4.44. The Morgan fingerprint density at radius 2 is 1.88 bits per heavy atom. The fourth-order valence-electron chi connectivity index (χ4n) is 5.54. The van der Waals surface area contributed by atoms with Crippen molar-refractivity contribution in [3.63, 3.8) is 0 Å². The fourth-order valence-corrected chi connectivity index (χ4v) is 5.54. The van der Waals surface area contributed by atoms with Crippen LogP contribution in [0.25, 0.3) is 11.0 Å². The number of nitrogens with one attached hydrogen (secondary N) is 1. The predicted molar refractivity (Wildman–Crippen MR) is 158 cm³/mol. The normalized spacial score (nSPS) is 15.4. The Morgan fingerprint density at radius 3 is 2.75 bits per heavy atom. The summed E-state index contributed by atoms with van der Waals surface area (Å²) in [4.78, 5) is 40.0. The molecule has 0 spiro atoms. The molecule has 2 aromatic carbocycles. The molecule has 1 amide bonds. The third-order valence-corrected chi connectivity index (χ3v) is 7.50. The summed E-state index contributed by atoms with van der Waals surface area (Å²) < 4.78 is 7.70. The van der Waals surface area contributed by atoms with E-state index < -0.39 is 0 Å². The van der Waals surface area contributed by atoms with E-state index in [1.807, 2.05) is 60.4 Å². The Balaban J connectivity index is 1.47. The number of para-hydroxylation sites is 1. The number of nitrogens with zero attached hydrogens (tertiary/aromatic N) is 5. The fraction of sp³-hybridized carbons (Fsp3) is 0.290. The van der Waals surface area contributed by atoms with Gasteiger partial charge in [-0.3, -0.25) is 14.2 Å². The molecule has 0 unspecified atom stereocenters. The Bertz CT molecular complexity index is 1660. The van der Waals surface area contributed by atoms with Crippen LogP contribution < -0.4 is 25.4 Å². The third-order valence-electron chi connectivity index (χ3n) is 7.50. The first-order valence-corrected chi connectivity index (χ1v) is 13.7. The van der Waals surface area contributed by atoms with E-state index in [2.05, 4.69) is 16.9 Å². The van der Waals surface area contributed by atoms with E-state index in [1.54, 1.807) is 15.7 Å². The van der Waals surface area contributed by atoms with Crippen LogP contribution in [-0.4, -0.2) is 40.1 Å². The molecule has 2 aliphatic rings. The maximum Gasteiger partial charge on any atom is 0.276 e. The van der Waals surface area contributed by atoms with Gasteiger partial charge in [0.15, 0.2) is 0 Å². The number of aromatic nitrogens is 3. The first kappa shape index (κ1) is 25.6. The Morgan fingerprint density at radius 1 is 1.02 bits per heavy atom. The highest BCUT2D eigenvalue weighted by Gasteiger charge is 2.30. The predicted octanol–water partition coefficient (Wildman–Crippen LogP) is 5.47. The molecule has 2 aromatic heterocycles. The highest BCUT2D eigenvalue weighted by atomic mass is 16.5. The van der Waals surface area contributed by atoms with E-state index in [0.717, 1.165) is 59.4 Å². The number of ether oxygens (including phenoxy) is 1. The number of anilines is 5. The molecule has 1 N–H and O–H groups in total. The van der Waals surface area contributed by atoms with Crippen LogP contribution in [0, 0.1) is 6.92 Å². The average Bonchev–Trinajstić information content (AvgIpc) is 2.97. The minimum absolute atomic E-state index is 0.109. The van der Waals surface area contributed by atoms with Gasteiger partial charge in [-0.05, 0) is 55.7 Å². The lowest BCUT2D eigenvalue weighted by Gasteiger charge is -2.38. The van der Waals surface area contributed by atoms with E-state index in [9.17, 15) is 9.59 Å². The summed E-state index contributed by atoms with van der Waals surface area (Å²) in [5.74, 6) is 1.06. The Labute approximate surface area is 232 Å². The van der Waals surface area contributed by atoms with Crippen LogP contribution in [0.4, 0.5) is 28.7 Å². The van der Waals surface area contributed by atoms with Crippen molar-refractivity contribution in [3.05, 3.63) is 83.3 Å². The number of amides is 1. The molecule has 0 fully saturated rings. The maximum absolute atomic E-state index is 14.2. The first-order chi connectivity index (χ1) is 19.5. The largest absolute Gasteiger partial charge is 0.494 e. The van der Waals surface area contributed by atoms with Gasteiger partial charge in [0, 0.05) is 43.0 Å². The molecule has 4 aromatic rings. The van der Waals surface area contributed by atoms with Gasteiger partial charge in [-0.25, -0.2) is 4.98 Å². The number of aryl methyl sites for hydroxylation is 2. The number of hydrogen-bond donors (Lipinski definition) is 1. The van der Waals surface area contributed by atoms with E-state index in [0.29, 0.717) is 43.5 Å². The average molecular weight is 537 g/mol. The van der Waals surface area contributed by atoms with Crippen LogP contribution >= 0.6 is 0 Å². The molecule has 6 rings (SSSR count). The third kappa shape index (κ3) is 4.79. The summed E-state index contributed by atoms with van der Waals surface area (Å²) in [6, 6.07) is 15.5. The second-order valence-electron chi connectivity index (χ2n) is 10.2. The second kappa shape index (κ2) is 10.8. The Hall–Kier alpha value is -4.66. The first-order valence-electron chi connectivity index (χ1n) is 13.7. The van der Waals surface area contributed by atoms with Gasteiger partial charge in [-0.2, -0.15) is 4.98 Å². The molecule has 9 heteroatoms. The van der Waals surface area contributed by atoms with Crippen molar-refractivity contribution in [1.82, 2.24) is 14.5 Å². The molecule has 0 aliphatic carbocycles. The SMILES string of the molecule is C=CC(=O)N1CCN(c2cc3cnc4nc3n(c2=O)CCCCCCOc2cccc(c2)N4)c2cccc(C)c21. The maximum atomic E-state index is 14.2. The molecular formula is C31H32N6O3. The zero-order valence-electron chi connectivity index (χ0n) is 22.6. The monoisotopic (exact) mass is 536 g/mol. The molecule has 9 nitrogen and oxygen atoms in total. The smallest absolute Gasteiger partial charge is 0.276 e. The van der Waals surface area contributed by atoms with Crippen LogP contribution in [-0.2, 0) is 11.3 Å². The van der Waals surface area contributed by atoms with E-state index >= 15 is 0 Å². The number of benzene rings is 2. The highest BCUT2D eigenvalue weighted by Crippen LogP contribution is 2.39. The number of rotatable bonds is 2. The van der Waals surface area contributed by atoms with Crippen molar-refractivity contribution in [1.29, 1.82) is 0 Å². The summed E-state index contributed by atoms with van der Waals surface area (Å²) in [5, 5.41) is 4.04. The van der Waals surface area contributed by atoms with Crippen LogP contribution in [0.2, 0.25) is 0 Å². The molecule has 204 valence electrons. The van der Waals surface area contributed by atoms with Gasteiger partial charge >= 0.3 is 0 Å². The summed E-state index contributed by atoms with van der Waals surface area (Å²) >= 11 is 0. The van der Waals surface area contributed by atoms with Gasteiger partial charge in [0.1, 0.15) is 17.1 Å². The van der Waals surface area contributed by atoms with Crippen molar-refractivity contribution >= 4 is 45.6 Å². The zero-order chi connectivity index (χ0) is 27.6. The van der Waals surface area contributed by atoms with E-state index in [-0.39, 0.29) is 11.5 Å². The lowest BCUT2D eigenvalue weighted by Crippen LogP contribution is -2.44. The topological polar surface area (TPSA) is 92.6 Å². The quantitative estimate of drug-likeness (QED) is 0.340. The molecular weight excluding hydrogens is 504 g/mol. The second-order valence-corrected chi connectivity index (χ2v) is 10.2. The lowest BCUT2D eigenvalue weighted by atomic mass is 10.1. The van der Waals surface area contributed by atoms with Crippen molar-refractivity contribution in [2.75, 3.05) is 34.8 Å². The Kier molecular flexibility index (Phi) is 6.94. The zero-order valence-corrected chi connectivity index (χ0v) is 22.6. The molecule has 0 atom stereocenters. The van der Waals surface area contributed by atoms with Crippen molar-refractivity contribution in [3.8, 4) is 5.75 Å². The van der Waals surface area contributed by atoms with E-state index in [1.165, 1.54) is 6.08 Å². The summed E-state index contributed by atoms with van der Waals surface area (Å²) in [6.45, 7) is 7.77. The minimum Gasteiger partial charge on any atom is -0.494 e. The van der Waals surface area contributed by atoms with Gasteiger partial charge < -0.3 is 19.9 Å². The van der Waals surface area contributed by atoms with Crippen molar-refractivity contribution < 1.29 is 9.53 Å². The minimum atomic E-state index is -0.153. The van der Waals surface area contributed by atoms with Crippen LogP contribution in [0.15, 0.2) is 72.2 Å². The molecule has 0 saturated heterocycles. The molecule has 0 saturated carbocycles. The van der Waals surface area contributed by atoms with Crippen molar-refractivity contribution in [2.45, 2.75) is 39.2 Å². The summed E-state index contributed by atoms with van der Waals surface area (Å²) in [7, 11) is 0. The van der Waals surface area contributed by atoms with Gasteiger partial charge in [0.05, 0.1) is 18.0 Å². The number of carbonyl (C=O) groups is 1. The van der Waals surface area contributed by atoms with Gasteiger partial charge in [-0.15, -0.1) is 0 Å². The lowest BCUT2D eigenvalue weighted by molar-refractivity contribution is -0.114. The molecule has 0 radical (unpaired) electrons. The highest BCUT2D eigenvalue weighted by molar-refractivity contribution is 6.05. The van der Waals surface area contributed by atoms with E-state index in [4.69, 9.17) is 9.72 Å². The standard InChI is InChI=1S/C31H32N6O3/c1-3-27(38)36-16-15-35(25-13-8-10-21(2)28(25)36)26-18-22-20-32-31-33-23-11-9-12-24(19-23)40-17-7-5-4-6-14-37(30(26)39)29(22)34-31/h3,8-13,18-20H,1,4-7,14-17H2,2H3,(H,32,33,34). The van der Waals surface area contributed by atoms with Gasteiger partial charge in [0.25, 0.3) is 11.5 Å². The number of carbonyl (C=O) groups excluding carboxylic acids is 1. The van der Waals surface area contributed by atoms with Crippen LogP contribution in [0.3, 0.4) is 0 Å². The summed E-state index contributed by atoms with van der Waals surface area (Å²) in [6.07, 6.45) is 6.87. The number of fused-ring (bicyclic) bond motifs is 4. The molecule has 4 heterocycles. The van der Waals surface area contributed by atoms with Crippen molar-refractivity contribution in [2.24, 2.45) is 0 Å². The number of hydrogen-bond acceptors (Lipinski definition) is 7. The van der Waals surface area contributed by atoms with Crippen LogP contribution in [0.5, 0.6) is 5.75 Å². The molecule has 4 bridgehead atoms. The van der Waals surface area contributed by atoms with Gasteiger partial charge in [0.2, 0.25) is 5.95 Å². The molecule has 2 aliphatic heterocycles. The van der Waals surface area contributed by atoms with Gasteiger partial charge in [-0.1, -0.05) is 37.6 Å². The molecule has 40 heavy (non-hydrogen) atoms. The van der Waals surface area contributed by atoms with Crippen LogP contribution in [0.1, 0.15) is 31.2 Å².